The average molecular weight is 292 g/mol. The molecule has 1 fully saturated rings. The van der Waals surface area contributed by atoms with Crippen LogP contribution in [0.4, 0.5) is 26.3 Å². The Morgan fingerprint density at radius 3 is 1.84 bits per heavy atom. The van der Waals surface area contributed by atoms with Crippen LogP contribution in [0.25, 0.3) is 0 Å². The van der Waals surface area contributed by atoms with Gasteiger partial charge in [-0.1, -0.05) is 0 Å². The summed E-state index contributed by atoms with van der Waals surface area (Å²) in [5.74, 6) is -2.83. The second-order valence-electron chi connectivity index (χ2n) is 4.21. The van der Waals surface area contributed by atoms with E-state index < -0.39 is 30.3 Å². The minimum absolute atomic E-state index is 0.0392. The number of hydrogen-bond donors (Lipinski definition) is 0. The van der Waals surface area contributed by atoms with Crippen molar-refractivity contribution >= 4 is 11.8 Å². The van der Waals surface area contributed by atoms with Crippen LogP contribution in [0.5, 0.6) is 0 Å². The zero-order valence-electron chi connectivity index (χ0n) is 9.48. The van der Waals surface area contributed by atoms with E-state index in [4.69, 9.17) is 0 Å². The van der Waals surface area contributed by atoms with Gasteiger partial charge in [-0.05, 0) is 12.8 Å². The van der Waals surface area contributed by atoms with Gasteiger partial charge in [0.05, 0.1) is 5.92 Å². The zero-order valence-corrected chi connectivity index (χ0v) is 9.48. The van der Waals surface area contributed by atoms with E-state index in [1.807, 2.05) is 0 Å². The van der Waals surface area contributed by atoms with Crippen LogP contribution < -0.4 is 0 Å². The van der Waals surface area contributed by atoms with Gasteiger partial charge in [0.1, 0.15) is 5.78 Å². The SMILES string of the molecule is O=C1CCC(C(=O)OC(C(F)(F)F)C(F)(F)F)CC1. The van der Waals surface area contributed by atoms with E-state index in [1.54, 1.807) is 0 Å². The summed E-state index contributed by atoms with van der Waals surface area (Å²) in [6.07, 6.45) is -15.8. The molecule has 1 aliphatic rings. The molecule has 110 valence electrons. The summed E-state index contributed by atoms with van der Waals surface area (Å²) >= 11 is 0. The Morgan fingerprint density at radius 1 is 1.05 bits per heavy atom. The van der Waals surface area contributed by atoms with E-state index in [0.29, 0.717) is 0 Å². The molecule has 1 saturated carbocycles. The van der Waals surface area contributed by atoms with E-state index in [1.165, 1.54) is 0 Å². The Balaban J connectivity index is 2.70. The summed E-state index contributed by atoms with van der Waals surface area (Å²) in [6.45, 7) is 0. The monoisotopic (exact) mass is 292 g/mol. The van der Waals surface area contributed by atoms with Crippen molar-refractivity contribution in [1.82, 2.24) is 0 Å². The zero-order chi connectivity index (χ0) is 14.8. The minimum Gasteiger partial charge on any atom is -0.443 e. The van der Waals surface area contributed by atoms with Gasteiger partial charge in [0.15, 0.2) is 0 Å². The van der Waals surface area contributed by atoms with Gasteiger partial charge >= 0.3 is 18.3 Å². The van der Waals surface area contributed by atoms with Crippen molar-refractivity contribution < 1.29 is 40.7 Å². The highest BCUT2D eigenvalue weighted by atomic mass is 19.4. The fourth-order valence-corrected chi connectivity index (χ4v) is 1.71. The average Bonchev–Trinajstić information content (AvgIpc) is 2.23. The van der Waals surface area contributed by atoms with Gasteiger partial charge in [-0.15, -0.1) is 0 Å². The van der Waals surface area contributed by atoms with Crippen LogP contribution in [0, 0.1) is 5.92 Å². The molecule has 0 aromatic rings. The van der Waals surface area contributed by atoms with Crippen molar-refractivity contribution in [2.24, 2.45) is 5.92 Å². The quantitative estimate of drug-likeness (QED) is 0.580. The largest absolute Gasteiger partial charge is 0.443 e. The molecule has 0 radical (unpaired) electrons. The first kappa shape index (κ1) is 15.8. The van der Waals surface area contributed by atoms with Gasteiger partial charge in [0.2, 0.25) is 0 Å². The molecule has 1 aliphatic carbocycles. The first-order chi connectivity index (χ1) is 8.51. The van der Waals surface area contributed by atoms with Crippen molar-refractivity contribution in [3.63, 3.8) is 0 Å². The fraction of sp³-hybridized carbons (Fsp3) is 0.800. The van der Waals surface area contributed by atoms with Gasteiger partial charge in [-0.2, -0.15) is 26.3 Å². The summed E-state index contributed by atoms with van der Waals surface area (Å²) in [6, 6.07) is 0. The number of hydrogen-bond acceptors (Lipinski definition) is 3. The van der Waals surface area contributed by atoms with Crippen LogP contribution in [0.2, 0.25) is 0 Å². The molecule has 0 saturated heterocycles. The van der Waals surface area contributed by atoms with Crippen molar-refractivity contribution in [3.05, 3.63) is 0 Å². The number of carbonyl (C=O) groups is 2. The summed E-state index contributed by atoms with van der Waals surface area (Å²) in [4.78, 5) is 22.1. The second-order valence-corrected chi connectivity index (χ2v) is 4.21. The molecule has 0 aromatic heterocycles. The Bertz CT molecular complexity index is 335. The van der Waals surface area contributed by atoms with E-state index in [-0.39, 0.29) is 31.5 Å². The maximum Gasteiger partial charge on any atom is 0.434 e. The normalized spacial score (nSPS) is 18.8. The fourth-order valence-electron chi connectivity index (χ4n) is 1.71. The smallest absolute Gasteiger partial charge is 0.434 e. The summed E-state index contributed by atoms with van der Waals surface area (Å²) in [5, 5.41) is 0. The minimum atomic E-state index is -5.71. The lowest BCUT2D eigenvalue weighted by molar-refractivity contribution is -0.314. The predicted octanol–water partition coefficient (Wildman–Crippen LogP) is 2.78. The van der Waals surface area contributed by atoms with Gasteiger partial charge in [0.25, 0.3) is 6.10 Å². The molecule has 0 bridgehead atoms. The molecule has 0 amide bonds. The Kier molecular flexibility index (Phi) is 4.46. The van der Waals surface area contributed by atoms with Gasteiger partial charge in [-0.25, -0.2) is 0 Å². The molecule has 0 N–H and O–H groups in total. The third kappa shape index (κ3) is 4.39. The maximum atomic E-state index is 12.2. The molecule has 0 spiro atoms. The molecule has 0 unspecified atom stereocenters. The number of Topliss-reactive ketones (excluding diaryl/α,β-unsaturated/α-hetero) is 1. The first-order valence-electron chi connectivity index (χ1n) is 5.37. The van der Waals surface area contributed by atoms with Crippen LogP contribution in [0.15, 0.2) is 0 Å². The van der Waals surface area contributed by atoms with Gasteiger partial charge in [-0.3, -0.25) is 9.59 Å². The highest BCUT2D eigenvalue weighted by molar-refractivity contribution is 5.82. The molecular weight excluding hydrogens is 282 g/mol. The maximum absolute atomic E-state index is 12.2. The van der Waals surface area contributed by atoms with Crippen LogP contribution in [-0.2, 0) is 14.3 Å². The molecule has 1 rings (SSSR count). The van der Waals surface area contributed by atoms with Crippen LogP contribution in [0.3, 0.4) is 0 Å². The highest BCUT2D eigenvalue weighted by Crippen LogP contribution is 2.37. The highest BCUT2D eigenvalue weighted by Gasteiger charge is 2.60. The number of carbonyl (C=O) groups excluding carboxylic acids is 2. The van der Waals surface area contributed by atoms with Crippen LogP contribution in [-0.4, -0.2) is 30.2 Å². The molecule has 0 atom stereocenters. The Hall–Kier alpha value is -1.28. The lowest BCUT2D eigenvalue weighted by Gasteiger charge is -2.26. The Morgan fingerprint density at radius 2 is 1.47 bits per heavy atom. The Labute approximate surface area is 103 Å². The number of alkyl halides is 6. The molecule has 0 aliphatic heterocycles. The van der Waals surface area contributed by atoms with E-state index in [9.17, 15) is 35.9 Å². The van der Waals surface area contributed by atoms with E-state index in [0.717, 1.165) is 0 Å². The topological polar surface area (TPSA) is 43.4 Å². The lowest BCUT2D eigenvalue weighted by Crippen LogP contribution is -2.46. The summed E-state index contributed by atoms with van der Waals surface area (Å²) < 4.78 is 76.5. The molecule has 0 heterocycles. The number of halogens is 6. The summed E-state index contributed by atoms with van der Waals surface area (Å²) in [7, 11) is 0. The number of rotatable bonds is 2. The van der Waals surface area contributed by atoms with Gasteiger partial charge in [0, 0.05) is 12.8 Å². The van der Waals surface area contributed by atoms with Crippen LogP contribution in [0.1, 0.15) is 25.7 Å². The van der Waals surface area contributed by atoms with Crippen molar-refractivity contribution in [1.29, 1.82) is 0 Å². The number of esters is 1. The number of ketones is 1. The summed E-state index contributed by atoms with van der Waals surface area (Å²) in [5.41, 5.74) is 0. The van der Waals surface area contributed by atoms with Crippen molar-refractivity contribution in [2.75, 3.05) is 0 Å². The predicted molar refractivity (Wildman–Crippen MR) is 49.0 cm³/mol. The van der Waals surface area contributed by atoms with E-state index >= 15 is 0 Å². The second kappa shape index (κ2) is 5.38. The standard InChI is InChI=1S/C10H10F6O3/c11-9(12,13)8(10(14,15)16)19-7(18)5-1-3-6(17)4-2-5/h5,8H,1-4H2. The third-order valence-corrected chi connectivity index (χ3v) is 2.71. The van der Waals surface area contributed by atoms with Crippen LogP contribution >= 0.6 is 0 Å². The number of ether oxygens (including phenoxy) is 1. The van der Waals surface area contributed by atoms with E-state index in [2.05, 4.69) is 4.74 Å². The lowest BCUT2D eigenvalue weighted by atomic mass is 9.88. The molecule has 19 heavy (non-hydrogen) atoms. The first-order valence-corrected chi connectivity index (χ1v) is 5.37. The molecular formula is C10H10F6O3. The molecule has 3 nitrogen and oxygen atoms in total. The van der Waals surface area contributed by atoms with Gasteiger partial charge < -0.3 is 4.74 Å². The molecule has 0 aromatic carbocycles. The van der Waals surface area contributed by atoms with Crippen molar-refractivity contribution in [2.45, 2.75) is 44.1 Å². The third-order valence-electron chi connectivity index (χ3n) is 2.71. The van der Waals surface area contributed by atoms with Crippen molar-refractivity contribution in [3.8, 4) is 0 Å². The molecule has 9 heteroatoms.